The molecule has 0 atom stereocenters. The van der Waals surface area contributed by atoms with Crippen molar-refractivity contribution >= 4 is 27.5 Å². The van der Waals surface area contributed by atoms with E-state index in [2.05, 4.69) is 5.32 Å². The molecule has 3 N–H and O–H groups in total. The van der Waals surface area contributed by atoms with E-state index in [9.17, 15) is 22.4 Å². The van der Waals surface area contributed by atoms with Gasteiger partial charge >= 0.3 is 0 Å². The fourth-order valence-electron chi connectivity index (χ4n) is 2.68. The van der Waals surface area contributed by atoms with Gasteiger partial charge in [0.05, 0.1) is 5.56 Å². The van der Waals surface area contributed by atoms with Gasteiger partial charge in [0, 0.05) is 12.1 Å². The molecule has 2 amide bonds. The summed E-state index contributed by atoms with van der Waals surface area (Å²) in [6.07, 6.45) is 0.477. The first-order chi connectivity index (χ1) is 12.2. The molecular formula is C16H16FN3O5S. The van der Waals surface area contributed by atoms with Crippen molar-refractivity contribution < 1.29 is 26.8 Å². The van der Waals surface area contributed by atoms with Gasteiger partial charge in [-0.15, -0.1) is 4.83 Å². The quantitative estimate of drug-likeness (QED) is 0.695. The minimum Gasteiger partial charge on any atom is -0.466 e. The van der Waals surface area contributed by atoms with Crippen LogP contribution in [0.25, 0.3) is 0 Å². The summed E-state index contributed by atoms with van der Waals surface area (Å²) in [6.45, 7) is 3.21. The summed E-state index contributed by atoms with van der Waals surface area (Å²) < 4.78 is 44.1. The Balaban J connectivity index is 1.81. The van der Waals surface area contributed by atoms with Crippen LogP contribution in [0.15, 0.2) is 27.5 Å². The molecule has 0 radical (unpaired) electrons. The lowest BCUT2D eigenvalue weighted by molar-refractivity contribution is -0.116. The van der Waals surface area contributed by atoms with Crippen LogP contribution in [0.5, 0.6) is 0 Å². The molecule has 1 aromatic heterocycles. The van der Waals surface area contributed by atoms with E-state index in [4.69, 9.17) is 4.42 Å². The van der Waals surface area contributed by atoms with Gasteiger partial charge in [0.2, 0.25) is 5.91 Å². The van der Waals surface area contributed by atoms with Crippen LogP contribution in [0.3, 0.4) is 0 Å². The summed E-state index contributed by atoms with van der Waals surface area (Å²) in [4.78, 5) is 24.7. The van der Waals surface area contributed by atoms with Gasteiger partial charge in [0.15, 0.2) is 0 Å². The zero-order valence-corrected chi connectivity index (χ0v) is 14.8. The normalized spacial score (nSPS) is 13.9. The number of hydrazine groups is 1. The van der Waals surface area contributed by atoms with Crippen LogP contribution in [0.4, 0.5) is 10.1 Å². The van der Waals surface area contributed by atoms with Gasteiger partial charge in [-0.25, -0.2) is 12.8 Å². The Bertz CT molecular complexity index is 1010. The molecule has 2 aromatic rings. The lowest BCUT2D eigenvalue weighted by Crippen LogP contribution is -2.42. The van der Waals surface area contributed by atoms with Crippen molar-refractivity contribution in [3.05, 3.63) is 46.7 Å². The van der Waals surface area contributed by atoms with E-state index in [1.165, 1.54) is 6.07 Å². The van der Waals surface area contributed by atoms with Gasteiger partial charge in [-0.1, -0.05) is 0 Å². The number of fused-ring (bicyclic) bond motifs is 1. The van der Waals surface area contributed by atoms with Gasteiger partial charge in [0.1, 0.15) is 22.2 Å². The van der Waals surface area contributed by atoms with E-state index in [0.29, 0.717) is 23.5 Å². The van der Waals surface area contributed by atoms with Crippen LogP contribution in [0.1, 0.15) is 33.9 Å². The van der Waals surface area contributed by atoms with Gasteiger partial charge in [-0.05, 0) is 44.0 Å². The first-order valence-electron chi connectivity index (χ1n) is 7.69. The smallest absolute Gasteiger partial charge is 0.269 e. The van der Waals surface area contributed by atoms with E-state index < -0.39 is 26.6 Å². The topological polar surface area (TPSA) is 118 Å². The van der Waals surface area contributed by atoms with Crippen molar-refractivity contribution in [1.82, 2.24) is 10.3 Å². The molecule has 0 fully saturated rings. The molecular weight excluding hydrogens is 365 g/mol. The van der Waals surface area contributed by atoms with E-state index >= 15 is 0 Å². The van der Waals surface area contributed by atoms with Crippen molar-refractivity contribution in [3.8, 4) is 0 Å². The largest absolute Gasteiger partial charge is 0.466 e. The number of carbonyl (C=O) groups excluding carboxylic acids is 2. The molecule has 2 heterocycles. The molecule has 1 aliphatic rings. The lowest BCUT2D eigenvalue weighted by Gasteiger charge is -2.18. The maximum absolute atomic E-state index is 14.2. The summed E-state index contributed by atoms with van der Waals surface area (Å²) >= 11 is 0. The third-order valence-electron chi connectivity index (χ3n) is 3.93. The fourth-order valence-corrected chi connectivity index (χ4v) is 3.63. The van der Waals surface area contributed by atoms with Crippen molar-refractivity contribution in [1.29, 1.82) is 0 Å². The molecule has 0 saturated heterocycles. The molecule has 0 aliphatic carbocycles. The number of halogens is 1. The first kappa shape index (κ1) is 18.1. The number of hydrogen-bond acceptors (Lipinski definition) is 5. The Hall–Kier alpha value is -2.72. The first-order valence-corrected chi connectivity index (χ1v) is 9.17. The Morgan fingerprint density at radius 1 is 1.23 bits per heavy atom. The molecule has 3 rings (SSSR count). The molecule has 0 unspecified atom stereocenters. The number of benzene rings is 1. The maximum atomic E-state index is 14.2. The highest BCUT2D eigenvalue weighted by Crippen LogP contribution is 2.28. The number of sulfonamides is 1. The number of carbonyl (C=O) groups is 2. The third-order valence-corrected chi connectivity index (χ3v) is 5.19. The molecule has 8 nitrogen and oxygen atoms in total. The summed E-state index contributed by atoms with van der Waals surface area (Å²) in [7, 11) is -4.35. The molecule has 1 aliphatic heterocycles. The molecule has 26 heavy (non-hydrogen) atoms. The predicted molar refractivity (Wildman–Crippen MR) is 89.3 cm³/mol. The predicted octanol–water partition coefficient (Wildman–Crippen LogP) is 1.54. The van der Waals surface area contributed by atoms with Crippen LogP contribution in [0, 0.1) is 19.7 Å². The minimum atomic E-state index is -4.35. The standard InChI is InChI=1S/C16H16FN3O5S/c1-8-5-11(9(2)25-8)16(22)19-20-26(23,24)14-6-10-3-4-15(21)18-13(10)7-12(14)17/h5-7,20H,3-4H2,1-2H3,(H,18,21)(H,19,22). The number of rotatable bonds is 4. The summed E-state index contributed by atoms with van der Waals surface area (Å²) in [6, 6.07) is 3.55. The third kappa shape index (κ3) is 3.46. The number of amides is 2. The number of aryl methyl sites for hydroxylation is 3. The highest BCUT2D eigenvalue weighted by atomic mass is 32.2. The molecule has 0 saturated carbocycles. The Labute approximate surface area is 148 Å². The van der Waals surface area contributed by atoms with Gasteiger partial charge in [0.25, 0.3) is 15.9 Å². The summed E-state index contributed by atoms with van der Waals surface area (Å²) in [5.74, 6) is -1.20. The maximum Gasteiger partial charge on any atom is 0.269 e. The van der Waals surface area contributed by atoms with Gasteiger partial charge in [-0.3, -0.25) is 15.0 Å². The fraction of sp³-hybridized carbons (Fsp3) is 0.250. The highest BCUT2D eigenvalue weighted by molar-refractivity contribution is 7.89. The lowest BCUT2D eigenvalue weighted by atomic mass is 10.0. The van der Waals surface area contributed by atoms with Crippen molar-refractivity contribution in [3.63, 3.8) is 0 Å². The van der Waals surface area contributed by atoms with E-state index in [-0.39, 0.29) is 23.6 Å². The molecule has 0 spiro atoms. The second-order valence-corrected chi connectivity index (χ2v) is 7.53. The van der Waals surface area contributed by atoms with Crippen molar-refractivity contribution in [2.45, 2.75) is 31.6 Å². The number of furan rings is 1. The van der Waals surface area contributed by atoms with Crippen LogP contribution in [-0.4, -0.2) is 20.2 Å². The second-order valence-electron chi connectivity index (χ2n) is 5.87. The van der Waals surface area contributed by atoms with Crippen LogP contribution >= 0.6 is 0 Å². The Morgan fingerprint density at radius 3 is 2.62 bits per heavy atom. The SMILES string of the molecule is Cc1cc(C(=O)NNS(=O)(=O)c2cc3c(cc2F)NC(=O)CC3)c(C)o1. The number of anilines is 1. The summed E-state index contributed by atoms with van der Waals surface area (Å²) in [5, 5.41) is 2.49. The highest BCUT2D eigenvalue weighted by Gasteiger charge is 2.25. The summed E-state index contributed by atoms with van der Waals surface area (Å²) in [5.41, 5.74) is 2.94. The molecule has 138 valence electrons. The zero-order valence-electron chi connectivity index (χ0n) is 14.0. The average molecular weight is 381 g/mol. The molecule has 0 bridgehead atoms. The van der Waals surface area contributed by atoms with E-state index in [0.717, 1.165) is 12.1 Å². The van der Waals surface area contributed by atoms with Gasteiger partial charge in [-0.2, -0.15) is 0 Å². The van der Waals surface area contributed by atoms with E-state index in [1.807, 2.05) is 10.3 Å². The molecule has 1 aromatic carbocycles. The minimum absolute atomic E-state index is 0.166. The molecule has 10 heteroatoms. The van der Waals surface area contributed by atoms with Crippen LogP contribution in [0.2, 0.25) is 0 Å². The van der Waals surface area contributed by atoms with Gasteiger partial charge < -0.3 is 9.73 Å². The zero-order chi connectivity index (χ0) is 19.1. The number of hydrogen-bond donors (Lipinski definition) is 3. The second kappa shape index (κ2) is 6.54. The Kier molecular flexibility index (Phi) is 4.55. The average Bonchev–Trinajstić information content (AvgIpc) is 2.90. The van der Waals surface area contributed by atoms with Crippen LogP contribution in [-0.2, 0) is 21.2 Å². The number of nitrogens with one attached hydrogen (secondary N) is 3. The van der Waals surface area contributed by atoms with Crippen LogP contribution < -0.4 is 15.6 Å². The monoisotopic (exact) mass is 381 g/mol. The Morgan fingerprint density at radius 2 is 1.96 bits per heavy atom. The van der Waals surface area contributed by atoms with E-state index in [1.54, 1.807) is 13.8 Å². The van der Waals surface area contributed by atoms with Crippen molar-refractivity contribution in [2.24, 2.45) is 0 Å². The van der Waals surface area contributed by atoms with Crippen molar-refractivity contribution in [2.75, 3.05) is 5.32 Å².